The van der Waals surface area contributed by atoms with E-state index in [1.54, 1.807) is 8.61 Å². The molecule has 24 heavy (non-hydrogen) atoms. The molecule has 0 spiro atoms. The lowest BCUT2D eigenvalue weighted by atomic mass is 10.1. The molecule has 0 unspecified atom stereocenters. The standard InChI is InChI=1S/C17H28N4O2S/c1-16-4-3-5-17(14-16)15-19-8-12-21(13-9-19)24(22,23)20-10-6-18(2)7-11-20/h3-5,14H,6-13,15H2,1-2H3. The van der Waals surface area contributed by atoms with Crippen LogP contribution in [0.25, 0.3) is 0 Å². The van der Waals surface area contributed by atoms with Crippen LogP contribution in [0.15, 0.2) is 24.3 Å². The molecule has 0 atom stereocenters. The van der Waals surface area contributed by atoms with Gasteiger partial charge in [0.25, 0.3) is 10.2 Å². The van der Waals surface area contributed by atoms with Crippen LogP contribution in [0, 0.1) is 6.92 Å². The number of aryl methyl sites for hydroxylation is 1. The topological polar surface area (TPSA) is 47.1 Å². The van der Waals surface area contributed by atoms with E-state index in [2.05, 4.69) is 41.0 Å². The average molecular weight is 353 g/mol. The number of benzene rings is 1. The molecule has 1 aromatic rings. The Morgan fingerprint density at radius 2 is 1.50 bits per heavy atom. The van der Waals surface area contributed by atoms with Crippen LogP contribution in [0.3, 0.4) is 0 Å². The second-order valence-electron chi connectivity index (χ2n) is 6.87. The summed E-state index contributed by atoms with van der Waals surface area (Å²) in [6.07, 6.45) is 0. The molecule has 6 nitrogen and oxygen atoms in total. The van der Waals surface area contributed by atoms with Gasteiger partial charge < -0.3 is 4.90 Å². The van der Waals surface area contributed by atoms with Crippen LogP contribution in [0.1, 0.15) is 11.1 Å². The molecule has 0 bridgehead atoms. The Balaban J connectivity index is 1.54. The highest BCUT2D eigenvalue weighted by Crippen LogP contribution is 2.16. The van der Waals surface area contributed by atoms with Crippen molar-refractivity contribution in [3.8, 4) is 0 Å². The molecule has 0 aliphatic carbocycles. The zero-order chi connectivity index (χ0) is 17.2. The van der Waals surface area contributed by atoms with Crippen molar-refractivity contribution in [2.75, 3.05) is 59.4 Å². The van der Waals surface area contributed by atoms with Gasteiger partial charge in [-0.25, -0.2) is 0 Å². The number of hydrogen-bond acceptors (Lipinski definition) is 4. The third kappa shape index (κ3) is 4.15. The Bertz CT molecular complexity index is 648. The molecule has 2 saturated heterocycles. The van der Waals surface area contributed by atoms with Crippen molar-refractivity contribution in [3.63, 3.8) is 0 Å². The van der Waals surface area contributed by atoms with E-state index in [4.69, 9.17) is 0 Å². The van der Waals surface area contributed by atoms with Gasteiger partial charge in [-0.2, -0.15) is 17.0 Å². The number of nitrogens with zero attached hydrogens (tertiary/aromatic N) is 4. The van der Waals surface area contributed by atoms with Crippen LogP contribution in [-0.4, -0.2) is 86.2 Å². The lowest BCUT2D eigenvalue weighted by Gasteiger charge is -2.39. The molecule has 1 aromatic carbocycles. The van der Waals surface area contributed by atoms with E-state index < -0.39 is 10.2 Å². The van der Waals surface area contributed by atoms with E-state index in [0.717, 1.165) is 32.7 Å². The van der Waals surface area contributed by atoms with Crippen molar-refractivity contribution in [1.29, 1.82) is 0 Å². The van der Waals surface area contributed by atoms with E-state index in [1.165, 1.54) is 11.1 Å². The Morgan fingerprint density at radius 3 is 2.08 bits per heavy atom. The second kappa shape index (κ2) is 7.49. The summed E-state index contributed by atoms with van der Waals surface area (Å²) in [5.41, 5.74) is 2.56. The van der Waals surface area contributed by atoms with E-state index in [-0.39, 0.29) is 0 Å². The molecule has 0 aromatic heterocycles. The molecule has 0 saturated carbocycles. The van der Waals surface area contributed by atoms with Crippen molar-refractivity contribution in [3.05, 3.63) is 35.4 Å². The quantitative estimate of drug-likeness (QED) is 0.796. The number of piperazine rings is 2. The van der Waals surface area contributed by atoms with Crippen LogP contribution >= 0.6 is 0 Å². The lowest BCUT2D eigenvalue weighted by molar-refractivity contribution is 0.165. The number of likely N-dealkylation sites (N-methyl/N-ethyl adjacent to an activating group) is 1. The highest BCUT2D eigenvalue weighted by atomic mass is 32.2. The van der Waals surface area contributed by atoms with Gasteiger partial charge in [0.1, 0.15) is 0 Å². The van der Waals surface area contributed by atoms with E-state index in [1.807, 2.05) is 7.05 Å². The predicted molar refractivity (Wildman–Crippen MR) is 96.0 cm³/mol. The molecule has 0 N–H and O–H groups in total. The first-order valence-corrected chi connectivity index (χ1v) is 10.1. The average Bonchev–Trinajstić information content (AvgIpc) is 2.56. The molecule has 2 aliphatic rings. The maximum atomic E-state index is 12.8. The minimum Gasteiger partial charge on any atom is -0.304 e. The van der Waals surface area contributed by atoms with Gasteiger partial charge in [-0.15, -0.1) is 0 Å². The van der Waals surface area contributed by atoms with Gasteiger partial charge >= 0.3 is 0 Å². The van der Waals surface area contributed by atoms with Crippen LogP contribution < -0.4 is 0 Å². The maximum absolute atomic E-state index is 12.8. The van der Waals surface area contributed by atoms with Crippen molar-refractivity contribution in [1.82, 2.24) is 18.4 Å². The molecule has 0 radical (unpaired) electrons. The number of rotatable bonds is 4. The minimum atomic E-state index is -3.30. The number of hydrogen-bond donors (Lipinski definition) is 0. The first-order chi connectivity index (χ1) is 11.4. The summed E-state index contributed by atoms with van der Waals surface area (Å²) in [6.45, 7) is 8.57. The first kappa shape index (κ1) is 17.8. The Kier molecular flexibility index (Phi) is 5.56. The zero-order valence-electron chi connectivity index (χ0n) is 14.7. The third-order valence-electron chi connectivity index (χ3n) is 4.93. The predicted octanol–water partition coefficient (Wildman–Crippen LogP) is 0.605. The first-order valence-electron chi connectivity index (χ1n) is 8.67. The molecule has 7 heteroatoms. The van der Waals surface area contributed by atoms with Gasteiger partial charge in [0.05, 0.1) is 0 Å². The SMILES string of the molecule is Cc1cccc(CN2CCN(S(=O)(=O)N3CCN(C)CC3)CC2)c1. The summed E-state index contributed by atoms with van der Waals surface area (Å²) >= 11 is 0. The Morgan fingerprint density at radius 1 is 0.917 bits per heavy atom. The van der Waals surface area contributed by atoms with Crippen molar-refractivity contribution < 1.29 is 8.42 Å². The highest BCUT2D eigenvalue weighted by Gasteiger charge is 2.33. The summed E-state index contributed by atoms with van der Waals surface area (Å²) in [7, 11) is -1.26. The van der Waals surface area contributed by atoms with Crippen LogP contribution in [0.4, 0.5) is 0 Å². The van der Waals surface area contributed by atoms with Gasteiger partial charge in [0, 0.05) is 58.9 Å². The van der Waals surface area contributed by atoms with Gasteiger partial charge in [-0.1, -0.05) is 29.8 Å². The van der Waals surface area contributed by atoms with Gasteiger partial charge in [0.15, 0.2) is 0 Å². The van der Waals surface area contributed by atoms with Crippen LogP contribution in [-0.2, 0) is 16.8 Å². The van der Waals surface area contributed by atoms with Gasteiger partial charge in [-0.3, -0.25) is 4.90 Å². The summed E-state index contributed by atoms with van der Waals surface area (Å²) in [6, 6.07) is 8.52. The van der Waals surface area contributed by atoms with Crippen LogP contribution in [0.2, 0.25) is 0 Å². The molecular weight excluding hydrogens is 324 g/mol. The third-order valence-corrected chi connectivity index (χ3v) is 6.97. The van der Waals surface area contributed by atoms with E-state index >= 15 is 0 Å². The Hall–Kier alpha value is -0.990. The second-order valence-corrected chi connectivity index (χ2v) is 8.80. The van der Waals surface area contributed by atoms with Crippen molar-refractivity contribution in [2.45, 2.75) is 13.5 Å². The molecule has 134 valence electrons. The monoisotopic (exact) mass is 352 g/mol. The Labute approximate surface area is 145 Å². The van der Waals surface area contributed by atoms with Gasteiger partial charge in [0.2, 0.25) is 0 Å². The molecule has 2 aliphatic heterocycles. The largest absolute Gasteiger partial charge is 0.304 e. The molecule has 3 rings (SSSR count). The highest BCUT2D eigenvalue weighted by molar-refractivity contribution is 7.86. The van der Waals surface area contributed by atoms with E-state index in [9.17, 15) is 8.42 Å². The summed E-state index contributed by atoms with van der Waals surface area (Å²) in [5.74, 6) is 0. The molecule has 0 amide bonds. The zero-order valence-corrected chi connectivity index (χ0v) is 15.5. The minimum absolute atomic E-state index is 0.584. The van der Waals surface area contributed by atoms with Crippen molar-refractivity contribution in [2.24, 2.45) is 0 Å². The molecule has 2 fully saturated rings. The normalized spacial score (nSPS) is 22.8. The molecular formula is C17H28N4O2S. The maximum Gasteiger partial charge on any atom is 0.282 e. The van der Waals surface area contributed by atoms with Crippen LogP contribution in [0.5, 0.6) is 0 Å². The smallest absolute Gasteiger partial charge is 0.282 e. The summed E-state index contributed by atoms with van der Waals surface area (Å²) in [4.78, 5) is 4.51. The molecule has 2 heterocycles. The lowest BCUT2D eigenvalue weighted by Crippen LogP contribution is -2.56. The fourth-order valence-corrected chi connectivity index (χ4v) is 4.95. The summed E-state index contributed by atoms with van der Waals surface area (Å²) in [5, 5.41) is 0. The van der Waals surface area contributed by atoms with E-state index in [0.29, 0.717) is 26.2 Å². The summed E-state index contributed by atoms with van der Waals surface area (Å²) < 4.78 is 28.8. The fourth-order valence-electron chi connectivity index (χ4n) is 3.37. The fraction of sp³-hybridized carbons (Fsp3) is 0.647. The van der Waals surface area contributed by atoms with Gasteiger partial charge in [-0.05, 0) is 19.5 Å². The van der Waals surface area contributed by atoms with Crippen molar-refractivity contribution >= 4 is 10.2 Å².